The standard InChI is InChI=1S/C19H25N3O3/c23-17(21-10-7-19(8-11-21)6-1-13-25-19)14-15-2-4-16(5-3-15)22-12-9-20-18(22)24/h2-5H,1,6-14H2,(H,20,24). The minimum Gasteiger partial charge on any atom is -0.375 e. The van der Waals surface area contributed by atoms with Crippen LogP contribution in [-0.2, 0) is 16.0 Å². The molecule has 0 aliphatic carbocycles. The molecule has 3 saturated heterocycles. The molecule has 1 aromatic carbocycles. The lowest BCUT2D eigenvalue weighted by Crippen LogP contribution is -2.46. The number of amides is 3. The summed E-state index contributed by atoms with van der Waals surface area (Å²) in [7, 11) is 0. The van der Waals surface area contributed by atoms with Crippen molar-refractivity contribution >= 4 is 17.6 Å². The predicted molar refractivity (Wildman–Crippen MR) is 94.6 cm³/mol. The zero-order valence-corrected chi connectivity index (χ0v) is 14.5. The Labute approximate surface area is 148 Å². The first-order valence-electron chi connectivity index (χ1n) is 9.21. The molecule has 0 aromatic heterocycles. The van der Waals surface area contributed by atoms with Crippen LogP contribution in [0.5, 0.6) is 0 Å². The summed E-state index contributed by atoms with van der Waals surface area (Å²) in [6.07, 6.45) is 4.62. The predicted octanol–water partition coefficient (Wildman–Crippen LogP) is 1.93. The van der Waals surface area contributed by atoms with E-state index < -0.39 is 0 Å². The fourth-order valence-electron chi connectivity index (χ4n) is 4.11. The second-order valence-corrected chi connectivity index (χ2v) is 7.24. The lowest BCUT2D eigenvalue weighted by molar-refractivity contribution is -0.135. The number of ether oxygens (including phenoxy) is 1. The molecule has 6 heteroatoms. The SMILES string of the molecule is O=C(Cc1ccc(N2CCNC2=O)cc1)N1CCC2(CCCO2)CC1. The van der Waals surface area contributed by atoms with Crippen LogP contribution in [0.3, 0.4) is 0 Å². The number of urea groups is 1. The quantitative estimate of drug-likeness (QED) is 0.912. The van der Waals surface area contributed by atoms with Crippen LogP contribution in [0.25, 0.3) is 0 Å². The van der Waals surface area contributed by atoms with Gasteiger partial charge >= 0.3 is 6.03 Å². The fourth-order valence-corrected chi connectivity index (χ4v) is 4.11. The van der Waals surface area contributed by atoms with Gasteiger partial charge in [0.15, 0.2) is 0 Å². The Kier molecular flexibility index (Phi) is 4.37. The number of nitrogens with zero attached hydrogens (tertiary/aromatic N) is 2. The molecule has 0 saturated carbocycles. The molecule has 4 rings (SSSR count). The Morgan fingerprint density at radius 2 is 1.88 bits per heavy atom. The normalized spacial score (nSPS) is 22.5. The van der Waals surface area contributed by atoms with E-state index in [1.807, 2.05) is 29.2 Å². The molecule has 3 aliphatic rings. The van der Waals surface area contributed by atoms with Crippen molar-refractivity contribution in [2.24, 2.45) is 0 Å². The summed E-state index contributed by atoms with van der Waals surface area (Å²) in [6, 6.07) is 7.69. The van der Waals surface area contributed by atoms with Gasteiger partial charge in [0.2, 0.25) is 5.91 Å². The number of piperidine rings is 1. The van der Waals surface area contributed by atoms with Crippen molar-refractivity contribution in [1.29, 1.82) is 0 Å². The summed E-state index contributed by atoms with van der Waals surface area (Å²) in [4.78, 5) is 28.0. The molecule has 3 amide bonds. The average molecular weight is 343 g/mol. The van der Waals surface area contributed by atoms with Crippen molar-refractivity contribution in [3.05, 3.63) is 29.8 Å². The van der Waals surface area contributed by atoms with Crippen LogP contribution < -0.4 is 10.2 Å². The van der Waals surface area contributed by atoms with Gasteiger partial charge in [-0.05, 0) is 43.4 Å². The van der Waals surface area contributed by atoms with Gasteiger partial charge in [-0.2, -0.15) is 0 Å². The van der Waals surface area contributed by atoms with Crippen molar-refractivity contribution in [3.63, 3.8) is 0 Å². The number of rotatable bonds is 3. The number of anilines is 1. The number of hydrogen-bond acceptors (Lipinski definition) is 3. The van der Waals surface area contributed by atoms with Crippen LogP contribution in [0.1, 0.15) is 31.2 Å². The Morgan fingerprint density at radius 3 is 2.48 bits per heavy atom. The summed E-state index contributed by atoms with van der Waals surface area (Å²) < 4.78 is 5.92. The molecule has 3 aliphatic heterocycles. The molecule has 1 spiro atoms. The average Bonchev–Trinajstić information content (AvgIpc) is 3.26. The lowest BCUT2D eigenvalue weighted by atomic mass is 9.88. The molecular formula is C19H25N3O3. The highest BCUT2D eigenvalue weighted by atomic mass is 16.5. The van der Waals surface area contributed by atoms with Crippen molar-refractivity contribution in [2.75, 3.05) is 37.7 Å². The van der Waals surface area contributed by atoms with E-state index in [4.69, 9.17) is 4.74 Å². The van der Waals surface area contributed by atoms with Crippen LogP contribution >= 0.6 is 0 Å². The summed E-state index contributed by atoms with van der Waals surface area (Å²) in [5.41, 5.74) is 1.92. The third-order valence-electron chi connectivity index (χ3n) is 5.67. The lowest BCUT2D eigenvalue weighted by Gasteiger charge is -2.38. The number of carbonyl (C=O) groups excluding carboxylic acids is 2. The van der Waals surface area contributed by atoms with E-state index in [1.54, 1.807) is 4.90 Å². The van der Waals surface area contributed by atoms with E-state index in [1.165, 1.54) is 0 Å². The number of benzene rings is 1. The second kappa shape index (κ2) is 6.67. The van der Waals surface area contributed by atoms with Crippen LogP contribution in [0.4, 0.5) is 10.5 Å². The number of likely N-dealkylation sites (tertiary alicyclic amines) is 1. The van der Waals surface area contributed by atoms with E-state index in [-0.39, 0.29) is 17.5 Å². The van der Waals surface area contributed by atoms with E-state index in [9.17, 15) is 9.59 Å². The van der Waals surface area contributed by atoms with Crippen LogP contribution in [0, 0.1) is 0 Å². The van der Waals surface area contributed by atoms with Gasteiger partial charge in [0.1, 0.15) is 0 Å². The van der Waals surface area contributed by atoms with Gasteiger partial charge in [0.25, 0.3) is 0 Å². The maximum atomic E-state index is 12.6. The molecule has 3 heterocycles. The first-order chi connectivity index (χ1) is 12.2. The van der Waals surface area contributed by atoms with Crippen LogP contribution in [0.15, 0.2) is 24.3 Å². The monoisotopic (exact) mass is 343 g/mol. The maximum absolute atomic E-state index is 12.6. The molecule has 0 bridgehead atoms. The first-order valence-corrected chi connectivity index (χ1v) is 9.21. The van der Waals surface area contributed by atoms with Gasteiger partial charge in [-0.25, -0.2) is 4.79 Å². The van der Waals surface area contributed by atoms with Gasteiger partial charge in [-0.1, -0.05) is 12.1 Å². The largest absolute Gasteiger partial charge is 0.375 e. The smallest absolute Gasteiger partial charge is 0.321 e. The molecule has 1 N–H and O–H groups in total. The van der Waals surface area contributed by atoms with Gasteiger partial charge < -0.3 is 15.0 Å². The first kappa shape index (κ1) is 16.4. The summed E-state index contributed by atoms with van der Waals surface area (Å²) >= 11 is 0. The zero-order chi connectivity index (χ0) is 17.3. The van der Waals surface area contributed by atoms with Gasteiger partial charge in [0, 0.05) is 38.5 Å². The van der Waals surface area contributed by atoms with E-state index in [0.29, 0.717) is 19.5 Å². The molecular weight excluding hydrogens is 318 g/mol. The molecule has 0 unspecified atom stereocenters. The second-order valence-electron chi connectivity index (χ2n) is 7.24. The molecule has 1 aromatic rings. The highest BCUT2D eigenvalue weighted by molar-refractivity contribution is 5.94. The maximum Gasteiger partial charge on any atom is 0.321 e. The summed E-state index contributed by atoms with van der Waals surface area (Å²) in [6.45, 7) is 3.83. The molecule has 0 radical (unpaired) electrons. The highest BCUT2D eigenvalue weighted by Gasteiger charge is 2.39. The molecule has 134 valence electrons. The number of carbonyl (C=O) groups is 2. The Hall–Kier alpha value is -2.08. The Morgan fingerprint density at radius 1 is 1.12 bits per heavy atom. The topological polar surface area (TPSA) is 61.9 Å². The summed E-state index contributed by atoms with van der Waals surface area (Å²) in [5.74, 6) is 0.180. The molecule has 6 nitrogen and oxygen atoms in total. The summed E-state index contributed by atoms with van der Waals surface area (Å²) in [5, 5.41) is 2.79. The molecule has 3 fully saturated rings. The van der Waals surface area contributed by atoms with E-state index in [0.717, 1.165) is 56.6 Å². The molecule has 25 heavy (non-hydrogen) atoms. The Balaban J connectivity index is 1.33. The van der Waals surface area contributed by atoms with Crippen molar-refractivity contribution in [1.82, 2.24) is 10.2 Å². The van der Waals surface area contributed by atoms with Gasteiger partial charge in [-0.3, -0.25) is 9.69 Å². The zero-order valence-electron chi connectivity index (χ0n) is 14.5. The van der Waals surface area contributed by atoms with Crippen molar-refractivity contribution in [2.45, 2.75) is 37.7 Å². The minimum atomic E-state index is -0.0554. The van der Waals surface area contributed by atoms with Crippen LogP contribution in [0.2, 0.25) is 0 Å². The van der Waals surface area contributed by atoms with E-state index in [2.05, 4.69) is 5.32 Å². The van der Waals surface area contributed by atoms with Crippen molar-refractivity contribution in [3.8, 4) is 0 Å². The number of hydrogen-bond donors (Lipinski definition) is 1. The molecule has 0 atom stereocenters. The third-order valence-corrected chi connectivity index (χ3v) is 5.67. The van der Waals surface area contributed by atoms with Gasteiger partial charge in [-0.15, -0.1) is 0 Å². The van der Waals surface area contributed by atoms with Gasteiger partial charge in [0.05, 0.1) is 12.0 Å². The Bertz CT molecular complexity index is 642. The fraction of sp³-hybridized carbons (Fsp3) is 0.579. The van der Waals surface area contributed by atoms with Crippen molar-refractivity contribution < 1.29 is 14.3 Å². The third kappa shape index (κ3) is 3.35. The highest BCUT2D eigenvalue weighted by Crippen LogP contribution is 2.35. The van der Waals surface area contributed by atoms with Crippen LogP contribution in [-0.4, -0.2) is 55.2 Å². The van der Waals surface area contributed by atoms with E-state index >= 15 is 0 Å². The number of nitrogens with one attached hydrogen (secondary N) is 1. The minimum absolute atomic E-state index is 0.0503.